The first-order valence-electron chi connectivity index (χ1n) is 8.26. The molecule has 23 heavy (non-hydrogen) atoms. The van der Waals surface area contributed by atoms with E-state index < -0.39 is 0 Å². The average Bonchev–Trinajstić information content (AvgIpc) is 2.93. The third-order valence-electron chi connectivity index (χ3n) is 4.59. The molecule has 0 amide bonds. The first-order chi connectivity index (χ1) is 10.3. The molecule has 1 fully saturated rings. The lowest BCUT2D eigenvalue weighted by Crippen LogP contribution is -2.45. The monoisotopic (exact) mass is 357 g/mol. The highest BCUT2D eigenvalue weighted by molar-refractivity contribution is 5.85. The molecule has 0 radical (unpaired) electrons. The summed E-state index contributed by atoms with van der Waals surface area (Å²) in [6.07, 6.45) is 4.77. The smallest absolute Gasteiger partial charge is 0.0457 e. The SMILES string of the molecule is CC(C)CC[C@H](c1c[nH]c2ccccc12)N1CCNCC1.Cl.Cl. The van der Waals surface area contributed by atoms with Crippen molar-refractivity contribution in [2.45, 2.75) is 32.7 Å². The molecule has 0 spiro atoms. The zero-order valence-corrected chi connectivity index (χ0v) is 15.7. The largest absolute Gasteiger partial charge is 0.361 e. The van der Waals surface area contributed by atoms with Gasteiger partial charge < -0.3 is 10.3 Å². The molecule has 2 aromatic rings. The molecule has 1 aromatic carbocycles. The van der Waals surface area contributed by atoms with Crippen molar-refractivity contribution in [2.75, 3.05) is 26.2 Å². The van der Waals surface area contributed by atoms with Crippen LogP contribution in [0, 0.1) is 5.92 Å². The van der Waals surface area contributed by atoms with E-state index in [9.17, 15) is 0 Å². The summed E-state index contributed by atoms with van der Waals surface area (Å²) >= 11 is 0. The van der Waals surface area contributed by atoms with E-state index in [-0.39, 0.29) is 24.8 Å². The highest BCUT2D eigenvalue weighted by Crippen LogP contribution is 2.32. The summed E-state index contributed by atoms with van der Waals surface area (Å²) in [5.41, 5.74) is 2.74. The molecule has 2 heterocycles. The fourth-order valence-corrected chi connectivity index (χ4v) is 3.39. The van der Waals surface area contributed by atoms with Gasteiger partial charge in [-0.3, -0.25) is 4.90 Å². The maximum absolute atomic E-state index is 3.47. The predicted molar refractivity (Wildman–Crippen MR) is 104 cm³/mol. The second kappa shape index (κ2) is 9.53. The van der Waals surface area contributed by atoms with Gasteiger partial charge in [0.2, 0.25) is 0 Å². The first-order valence-corrected chi connectivity index (χ1v) is 8.26. The summed E-state index contributed by atoms with van der Waals surface area (Å²) in [7, 11) is 0. The van der Waals surface area contributed by atoms with Gasteiger partial charge in [0.05, 0.1) is 0 Å². The molecule has 1 aliphatic rings. The molecule has 0 unspecified atom stereocenters. The lowest BCUT2D eigenvalue weighted by molar-refractivity contribution is 0.161. The Bertz CT molecular complexity index is 576. The van der Waals surface area contributed by atoms with Crippen LogP contribution in [0.5, 0.6) is 0 Å². The Morgan fingerprint density at radius 2 is 1.74 bits per heavy atom. The minimum absolute atomic E-state index is 0. The zero-order chi connectivity index (χ0) is 14.7. The number of aromatic amines is 1. The van der Waals surface area contributed by atoms with Gasteiger partial charge in [-0.2, -0.15) is 0 Å². The van der Waals surface area contributed by atoms with Crippen LogP contribution in [-0.4, -0.2) is 36.1 Å². The number of piperazine rings is 1. The molecule has 0 bridgehead atoms. The van der Waals surface area contributed by atoms with Crippen LogP contribution in [0.2, 0.25) is 0 Å². The third kappa shape index (κ3) is 4.87. The number of rotatable bonds is 5. The summed E-state index contributed by atoms with van der Waals surface area (Å²) in [5, 5.41) is 4.86. The van der Waals surface area contributed by atoms with E-state index in [1.807, 2.05) is 0 Å². The van der Waals surface area contributed by atoms with Crippen LogP contribution < -0.4 is 5.32 Å². The van der Waals surface area contributed by atoms with Crippen LogP contribution in [-0.2, 0) is 0 Å². The molecule has 3 rings (SSSR count). The normalized spacial score (nSPS) is 16.8. The number of fused-ring (bicyclic) bond motifs is 1. The summed E-state index contributed by atoms with van der Waals surface area (Å²) in [5.74, 6) is 0.764. The Kier molecular flexibility index (Phi) is 8.41. The van der Waals surface area contributed by atoms with Crippen molar-refractivity contribution in [1.29, 1.82) is 0 Å². The second-order valence-corrected chi connectivity index (χ2v) is 6.56. The van der Waals surface area contributed by atoms with Crippen molar-refractivity contribution in [1.82, 2.24) is 15.2 Å². The number of hydrogen-bond acceptors (Lipinski definition) is 2. The Balaban J connectivity index is 0.00000132. The van der Waals surface area contributed by atoms with Crippen molar-refractivity contribution < 1.29 is 0 Å². The van der Waals surface area contributed by atoms with Crippen LogP contribution in [0.15, 0.2) is 30.5 Å². The lowest BCUT2D eigenvalue weighted by atomic mass is 9.95. The average molecular weight is 358 g/mol. The second-order valence-electron chi connectivity index (χ2n) is 6.56. The molecule has 2 N–H and O–H groups in total. The van der Waals surface area contributed by atoms with Gasteiger partial charge in [0.15, 0.2) is 0 Å². The Labute approximate surface area is 152 Å². The van der Waals surface area contributed by atoms with Crippen LogP contribution in [0.3, 0.4) is 0 Å². The van der Waals surface area contributed by atoms with Gasteiger partial charge in [-0.05, 0) is 30.4 Å². The standard InChI is InChI=1S/C18H27N3.2ClH/c1-14(2)7-8-18(21-11-9-19-10-12-21)16-13-20-17-6-4-3-5-15(16)17;;/h3-6,13-14,18-20H,7-12H2,1-2H3;2*1H/t18-;;/m1../s1. The Morgan fingerprint density at radius 3 is 2.43 bits per heavy atom. The van der Waals surface area contributed by atoms with Gasteiger partial charge in [-0.15, -0.1) is 24.8 Å². The number of H-pyrrole nitrogens is 1. The van der Waals surface area contributed by atoms with Gasteiger partial charge in [0.1, 0.15) is 0 Å². The predicted octanol–water partition coefficient (Wildman–Crippen LogP) is 4.39. The van der Waals surface area contributed by atoms with E-state index in [1.165, 1.54) is 29.3 Å². The zero-order valence-electron chi connectivity index (χ0n) is 14.0. The van der Waals surface area contributed by atoms with Crippen molar-refractivity contribution >= 4 is 35.7 Å². The van der Waals surface area contributed by atoms with Crippen LogP contribution in [0.25, 0.3) is 10.9 Å². The van der Waals surface area contributed by atoms with Crippen molar-refractivity contribution in [3.05, 3.63) is 36.0 Å². The Morgan fingerprint density at radius 1 is 1.04 bits per heavy atom. The molecule has 3 nitrogen and oxygen atoms in total. The van der Waals surface area contributed by atoms with E-state index in [0.29, 0.717) is 6.04 Å². The van der Waals surface area contributed by atoms with Gasteiger partial charge >= 0.3 is 0 Å². The first kappa shape index (κ1) is 20.3. The number of aromatic nitrogens is 1. The maximum atomic E-state index is 3.47. The number of nitrogens with zero attached hydrogens (tertiary/aromatic N) is 1. The molecule has 1 atom stereocenters. The number of para-hydroxylation sites is 1. The van der Waals surface area contributed by atoms with E-state index in [1.54, 1.807) is 0 Å². The quantitative estimate of drug-likeness (QED) is 0.830. The van der Waals surface area contributed by atoms with Crippen LogP contribution in [0.1, 0.15) is 38.3 Å². The minimum atomic E-state index is 0. The van der Waals surface area contributed by atoms with Gasteiger partial charge in [0.25, 0.3) is 0 Å². The molecule has 0 saturated carbocycles. The molecule has 130 valence electrons. The van der Waals surface area contributed by atoms with Gasteiger partial charge in [-0.1, -0.05) is 32.0 Å². The van der Waals surface area contributed by atoms with E-state index >= 15 is 0 Å². The third-order valence-corrected chi connectivity index (χ3v) is 4.59. The van der Waals surface area contributed by atoms with Crippen molar-refractivity contribution in [3.63, 3.8) is 0 Å². The van der Waals surface area contributed by atoms with Gasteiger partial charge in [0, 0.05) is 49.3 Å². The molecular weight excluding hydrogens is 329 g/mol. The molecular formula is C18H29Cl2N3. The summed E-state index contributed by atoms with van der Waals surface area (Å²) in [4.78, 5) is 6.11. The minimum Gasteiger partial charge on any atom is -0.361 e. The molecule has 1 aromatic heterocycles. The lowest BCUT2D eigenvalue weighted by Gasteiger charge is -2.35. The van der Waals surface area contributed by atoms with E-state index in [0.717, 1.165) is 32.1 Å². The maximum Gasteiger partial charge on any atom is 0.0457 e. The van der Waals surface area contributed by atoms with Crippen molar-refractivity contribution in [3.8, 4) is 0 Å². The highest BCUT2D eigenvalue weighted by atomic mass is 35.5. The fourth-order valence-electron chi connectivity index (χ4n) is 3.39. The van der Waals surface area contributed by atoms with Crippen LogP contribution in [0.4, 0.5) is 0 Å². The number of nitrogens with one attached hydrogen (secondary N) is 2. The summed E-state index contributed by atoms with van der Waals surface area (Å²) in [6, 6.07) is 9.24. The summed E-state index contributed by atoms with van der Waals surface area (Å²) in [6.45, 7) is 9.18. The van der Waals surface area contributed by atoms with Crippen molar-refractivity contribution in [2.24, 2.45) is 5.92 Å². The molecule has 0 aliphatic carbocycles. The van der Waals surface area contributed by atoms with E-state index in [2.05, 4.69) is 59.5 Å². The molecule has 1 saturated heterocycles. The fraction of sp³-hybridized carbons (Fsp3) is 0.556. The van der Waals surface area contributed by atoms with E-state index in [4.69, 9.17) is 0 Å². The Hall–Kier alpha value is -0.740. The summed E-state index contributed by atoms with van der Waals surface area (Å²) < 4.78 is 0. The van der Waals surface area contributed by atoms with Gasteiger partial charge in [-0.25, -0.2) is 0 Å². The number of halogens is 2. The number of hydrogen-bond donors (Lipinski definition) is 2. The van der Waals surface area contributed by atoms with Crippen LogP contribution >= 0.6 is 24.8 Å². The molecule has 1 aliphatic heterocycles. The molecule has 5 heteroatoms. The number of benzene rings is 1. The highest BCUT2D eigenvalue weighted by Gasteiger charge is 2.24. The topological polar surface area (TPSA) is 31.1 Å².